The van der Waals surface area contributed by atoms with Crippen molar-refractivity contribution in [3.63, 3.8) is 0 Å². The fourth-order valence-corrected chi connectivity index (χ4v) is 0.802. The van der Waals surface area contributed by atoms with E-state index in [-0.39, 0.29) is 6.04 Å². The van der Waals surface area contributed by atoms with Gasteiger partial charge in [-0.25, -0.2) is 0 Å². The molecule has 0 rings (SSSR count). The third-order valence-corrected chi connectivity index (χ3v) is 1.41. The second kappa shape index (κ2) is 4.76. The SMILES string of the molecule is C=CC(=C)C(C#CC)N(C)C. The van der Waals surface area contributed by atoms with Crippen molar-refractivity contribution in [3.05, 3.63) is 24.8 Å². The highest BCUT2D eigenvalue weighted by molar-refractivity contribution is 5.28. The molecular formula is C10H15N. The minimum absolute atomic E-state index is 0.109. The monoisotopic (exact) mass is 149 g/mol. The van der Waals surface area contributed by atoms with Crippen molar-refractivity contribution in [2.45, 2.75) is 13.0 Å². The van der Waals surface area contributed by atoms with Crippen molar-refractivity contribution in [3.8, 4) is 11.8 Å². The van der Waals surface area contributed by atoms with Gasteiger partial charge < -0.3 is 0 Å². The Bertz CT molecular complexity index is 203. The number of rotatable bonds is 3. The van der Waals surface area contributed by atoms with Crippen LogP contribution in [0.2, 0.25) is 0 Å². The highest BCUT2D eigenvalue weighted by Crippen LogP contribution is 2.04. The summed E-state index contributed by atoms with van der Waals surface area (Å²) in [6, 6.07) is 0.109. The van der Waals surface area contributed by atoms with Crippen LogP contribution in [0.3, 0.4) is 0 Å². The molecule has 0 heterocycles. The largest absolute Gasteiger partial charge is 0.292 e. The van der Waals surface area contributed by atoms with E-state index in [1.165, 1.54) is 0 Å². The zero-order valence-electron chi connectivity index (χ0n) is 7.52. The fraction of sp³-hybridized carbons (Fsp3) is 0.400. The molecule has 0 aromatic carbocycles. The molecule has 0 aliphatic heterocycles. The van der Waals surface area contributed by atoms with Crippen molar-refractivity contribution in [1.29, 1.82) is 0 Å². The first kappa shape index (κ1) is 10.0. The first-order valence-electron chi connectivity index (χ1n) is 3.53. The van der Waals surface area contributed by atoms with E-state index in [1.54, 1.807) is 6.08 Å². The Labute approximate surface area is 69.4 Å². The molecule has 1 atom stereocenters. The predicted octanol–water partition coefficient (Wildman–Crippen LogP) is 1.68. The van der Waals surface area contributed by atoms with Gasteiger partial charge in [0, 0.05) is 0 Å². The number of hydrogen-bond acceptors (Lipinski definition) is 1. The second-order valence-corrected chi connectivity index (χ2v) is 2.54. The Hall–Kier alpha value is -1.00. The molecule has 0 aromatic heterocycles. The molecule has 0 N–H and O–H groups in total. The summed E-state index contributed by atoms with van der Waals surface area (Å²) < 4.78 is 0. The van der Waals surface area contributed by atoms with Gasteiger partial charge >= 0.3 is 0 Å². The minimum atomic E-state index is 0.109. The summed E-state index contributed by atoms with van der Waals surface area (Å²) in [6.07, 6.45) is 1.75. The van der Waals surface area contributed by atoms with Crippen LogP contribution in [-0.2, 0) is 0 Å². The van der Waals surface area contributed by atoms with Gasteiger partial charge in [0.25, 0.3) is 0 Å². The molecular weight excluding hydrogens is 134 g/mol. The molecule has 0 saturated heterocycles. The van der Waals surface area contributed by atoms with Crippen LogP contribution < -0.4 is 0 Å². The van der Waals surface area contributed by atoms with Crippen LogP contribution in [-0.4, -0.2) is 25.0 Å². The van der Waals surface area contributed by atoms with Crippen molar-refractivity contribution in [2.24, 2.45) is 0 Å². The highest BCUT2D eigenvalue weighted by atomic mass is 15.1. The van der Waals surface area contributed by atoms with E-state index in [2.05, 4.69) is 25.0 Å². The van der Waals surface area contributed by atoms with E-state index in [0.29, 0.717) is 0 Å². The molecule has 1 heteroatoms. The molecule has 0 saturated carbocycles. The number of hydrogen-bond donors (Lipinski definition) is 0. The van der Waals surface area contributed by atoms with Crippen molar-refractivity contribution in [2.75, 3.05) is 14.1 Å². The molecule has 60 valence electrons. The third kappa shape index (κ3) is 3.06. The lowest BCUT2D eigenvalue weighted by molar-refractivity contribution is 0.392. The van der Waals surface area contributed by atoms with Gasteiger partial charge in [-0.1, -0.05) is 25.2 Å². The molecule has 0 fully saturated rings. The van der Waals surface area contributed by atoms with Gasteiger partial charge in [-0.05, 0) is 26.6 Å². The van der Waals surface area contributed by atoms with E-state index in [1.807, 2.05) is 25.9 Å². The van der Waals surface area contributed by atoms with Crippen LogP contribution in [0, 0.1) is 11.8 Å². The van der Waals surface area contributed by atoms with Crippen LogP contribution in [0.15, 0.2) is 24.8 Å². The smallest absolute Gasteiger partial charge is 0.0959 e. The minimum Gasteiger partial charge on any atom is -0.292 e. The maximum Gasteiger partial charge on any atom is 0.0959 e. The lowest BCUT2D eigenvalue weighted by atomic mass is 10.1. The van der Waals surface area contributed by atoms with Gasteiger partial charge in [-0.3, -0.25) is 4.90 Å². The molecule has 1 unspecified atom stereocenters. The number of nitrogens with zero attached hydrogens (tertiary/aromatic N) is 1. The zero-order chi connectivity index (χ0) is 8.85. The Morgan fingerprint density at radius 3 is 2.36 bits per heavy atom. The summed E-state index contributed by atoms with van der Waals surface area (Å²) in [4.78, 5) is 2.01. The Balaban J connectivity index is 4.42. The quantitative estimate of drug-likeness (QED) is 0.436. The molecule has 0 bridgehead atoms. The van der Waals surface area contributed by atoms with E-state index in [0.717, 1.165) is 5.57 Å². The molecule has 0 aliphatic carbocycles. The Morgan fingerprint density at radius 2 is 2.09 bits per heavy atom. The van der Waals surface area contributed by atoms with Crippen LogP contribution in [0.5, 0.6) is 0 Å². The van der Waals surface area contributed by atoms with Crippen molar-refractivity contribution in [1.82, 2.24) is 4.90 Å². The summed E-state index contributed by atoms with van der Waals surface area (Å²) in [7, 11) is 3.95. The van der Waals surface area contributed by atoms with Crippen LogP contribution in [0.25, 0.3) is 0 Å². The normalized spacial score (nSPS) is 11.6. The summed E-state index contributed by atoms with van der Waals surface area (Å²) in [5, 5.41) is 0. The maximum atomic E-state index is 3.85. The Morgan fingerprint density at radius 1 is 1.55 bits per heavy atom. The third-order valence-electron chi connectivity index (χ3n) is 1.41. The molecule has 0 radical (unpaired) electrons. The van der Waals surface area contributed by atoms with E-state index in [9.17, 15) is 0 Å². The van der Waals surface area contributed by atoms with Crippen LogP contribution in [0.4, 0.5) is 0 Å². The lowest BCUT2D eigenvalue weighted by Crippen LogP contribution is -2.27. The molecule has 11 heavy (non-hydrogen) atoms. The predicted molar refractivity (Wildman–Crippen MR) is 50.3 cm³/mol. The standard InChI is InChI=1S/C10H15N/c1-6-8-10(11(4)5)9(3)7-2/h7,10H,2-3H2,1,4-5H3. The van der Waals surface area contributed by atoms with Gasteiger partial charge in [0.1, 0.15) is 0 Å². The van der Waals surface area contributed by atoms with Crippen LogP contribution >= 0.6 is 0 Å². The molecule has 1 nitrogen and oxygen atoms in total. The van der Waals surface area contributed by atoms with Crippen molar-refractivity contribution >= 4 is 0 Å². The van der Waals surface area contributed by atoms with Gasteiger partial charge in [0.15, 0.2) is 0 Å². The summed E-state index contributed by atoms with van der Waals surface area (Å²) in [6.45, 7) is 9.33. The Kier molecular flexibility index (Phi) is 4.33. The maximum absolute atomic E-state index is 3.85. The fourth-order valence-electron chi connectivity index (χ4n) is 0.802. The summed E-state index contributed by atoms with van der Waals surface area (Å²) >= 11 is 0. The average Bonchev–Trinajstić information content (AvgIpc) is 1.98. The van der Waals surface area contributed by atoms with E-state index < -0.39 is 0 Å². The van der Waals surface area contributed by atoms with Gasteiger partial charge in [-0.2, -0.15) is 0 Å². The first-order valence-corrected chi connectivity index (χ1v) is 3.53. The van der Waals surface area contributed by atoms with E-state index in [4.69, 9.17) is 0 Å². The second-order valence-electron chi connectivity index (χ2n) is 2.54. The zero-order valence-corrected chi connectivity index (χ0v) is 7.52. The van der Waals surface area contributed by atoms with Gasteiger partial charge in [0.05, 0.1) is 6.04 Å². The highest BCUT2D eigenvalue weighted by Gasteiger charge is 2.07. The van der Waals surface area contributed by atoms with E-state index >= 15 is 0 Å². The first-order chi connectivity index (χ1) is 5.13. The average molecular weight is 149 g/mol. The molecule has 0 aliphatic rings. The van der Waals surface area contributed by atoms with Crippen molar-refractivity contribution < 1.29 is 0 Å². The van der Waals surface area contributed by atoms with Gasteiger partial charge in [-0.15, -0.1) is 5.92 Å². The number of likely N-dealkylation sites (N-methyl/N-ethyl adjacent to an activating group) is 1. The lowest BCUT2D eigenvalue weighted by Gasteiger charge is -2.18. The molecule has 0 aromatic rings. The molecule has 0 spiro atoms. The summed E-state index contributed by atoms with van der Waals surface area (Å²) in [5.74, 6) is 5.90. The van der Waals surface area contributed by atoms with Gasteiger partial charge in [0.2, 0.25) is 0 Å². The van der Waals surface area contributed by atoms with Crippen LogP contribution in [0.1, 0.15) is 6.92 Å². The molecule has 0 amide bonds. The summed E-state index contributed by atoms with van der Waals surface area (Å²) in [5.41, 5.74) is 0.948. The topological polar surface area (TPSA) is 3.24 Å².